The van der Waals surface area contributed by atoms with Crippen LogP contribution in [0.2, 0.25) is 0 Å². The van der Waals surface area contributed by atoms with Crippen LogP contribution in [0.15, 0.2) is 30.3 Å². The predicted molar refractivity (Wildman–Crippen MR) is 71.2 cm³/mol. The number of nitrogens with one attached hydrogen (secondary N) is 1. The van der Waals surface area contributed by atoms with E-state index in [-0.39, 0.29) is 12.8 Å². The van der Waals surface area contributed by atoms with Crippen LogP contribution in [0, 0.1) is 0 Å². The number of likely N-dealkylation sites (N-methyl/N-ethyl adjacent to an activating group) is 1. The number of nitrogens with two attached hydrogens (primary N) is 2. The zero-order valence-electron chi connectivity index (χ0n) is 10.8. The summed E-state index contributed by atoms with van der Waals surface area (Å²) in [5, 5.41) is 12.1. The molecule has 0 aliphatic rings. The Morgan fingerprint density at radius 1 is 1.37 bits per heavy atom. The van der Waals surface area contributed by atoms with E-state index < -0.39 is 23.5 Å². The number of hydrogen-bond donors (Lipinski definition) is 4. The minimum Gasteiger partial charge on any atom is -0.480 e. The smallest absolute Gasteiger partial charge is 0.328 e. The van der Waals surface area contributed by atoms with Crippen molar-refractivity contribution in [3.05, 3.63) is 35.9 Å². The minimum absolute atomic E-state index is 0.112. The molecule has 2 unspecified atom stereocenters. The van der Waals surface area contributed by atoms with Crippen LogP contribution in [0.4, 0.5) is 0 Å². The van der Waals surface area contributed by atoms with Crippen LogP contribution in [-0.4, -0.2) is 30.1 Å². The Morgan fingerprint density at radius 2 is 1.95 bits per heavy atom. The molecule has 19 heavy (non-hydrogen) atoms. The van der Waals surface area contributed by atoms with Crippen molar-refractivity contribution >= 4 is 11.9 Å². The van der Waals surface area contributed by atoms with Crippen LogP contribution in [0.1, 0.15) is 18.4 Å². The average molecular weight is 265 g/mol. The van der Waals surface area contributed by atoms with Gasteiger partial charge in [0.15, 0.2) is 0 Å². The molecule has 0 radical (unpaired) electrons. The van der Waals surface area contributed by atoms with Crippen molar-refractivity contribution in [1.82, 2.24) is 5.32 Å². The van der Waals surface area contributed by atoms with Gasteiger partial charge in [0.1, 0.15) is 5.54 Å². The SMILES string of the molecule is CNC(CCC(N)(C(=O)O)c1ccccc1)C(N)=O. The maximum absolute atomic E-state index is 11.4. The first kappa shape index (κ1) is 15.1. The number of benzene rings is 1. The molecule has 0 fully saturated rings. The number of hydrogen-bond acceptors (Lipinski definition) is 4. The monoisotopic (exact) mass is 265 g/mol. The summed E-state index contributed by atoms with van der Waals surface area (Å²) in [6.45, 7) is 0. The van der Waals surface area contributed by atoms with Crippen molar-refractivity contribution in [1.29, 1.82) is 0 Å². The summed E-state index contributed by atoms with van der Waals surface area (Å²) in [6, 6.07) is 7.96. The Bertz CT molecular complexity index is 450. The average Bonchev–Trinajstić information content (AvgIpc) is 2.39. The first-order valence-corrected chi connectivity index (χ1v) is 5.96. The molecule has 6 nitrogen and oxygen atoms in total. The van der Waals surface area contributed by atoms with E-state index in [1.807, 2.05) is 0 Å². The van der Waals surface area contributed by atoms with Gasteiger partial charge in [0.2, 0.25) is 5.91 Å². The molecule has 0 aromatic heterocycles. The van der Waals surface area contributed by atoms with Gasteiger partial charge in [-0.1, -0.05) is 30.3 Å². The van der Waals surface area contributed by atoms with E-state index in [1.54, 1.807) is 37.4 Å². The molecule has 6 heteroatoms. The standard InChI is InChI=1S/C13H19N3O3/c1-16-10(11(14)17)7-8-13(15,12(18)19)9-5-3-2-4-6-9/h2-6,10,16H,7-8,15H2,1H3,(H2,14,17)(H,18,19). The molecule has 1 amide bonds. The number of aliphatic carboxylic acids is 1. The van der Waals surface area contributed by atoms with Crippen LogP contribution >= 0.6 is 0 Å². The lowest BCUT2D eigenvalue weighted by atomic mass is 9.85. The number of carbonyl (C=O) groups excluding carboxylic acids is 1. The maximum atomic E-state index is 11.4. The molecule has 0 heterocycles. The van der Waals surface area contributed by atoms with Crippen LogP contribution in [0.5, 0.6) is 0 Å². The molecular formula is C13H19N3O3. The lowest BCUT2D eigenvalue weighted by Gasteiger charge is -2.26. The summed E-state index contributed by atoms with van der Waals surface area (Å²) in [4.78, 5) is 22.6. The fraction of sp³-hybridized carbons (Fsp3) is 0.385. The number of carbonyl (C=O) groups is 2. The van der Waals surface area contributed by atoms with Crippen LogP contribution in [0.25, 0.3) is 0 Å². The first-order valence-electron chi connectivity index (χ1n) is 5.96. The van der Waals surface area contributed by atoms with Gasteiger partial charge in [0, 0.05) is 0 Å². The lowest BCUT2D eigenvalue weighted by Crippen LogP contribution is -2.47. The molecular weight excluding hydrogens is 246 g/mol. The molecule has 1 aromatic rings. The van der Waals surface area contributed by atoms with Crippen molar-refractivity contribution < 1.29 is 14.7 Å². The number of rotatable bonds is 7. The molecule has 1 aromatic carbocycles. The first-order chi connectivity index (χ1) is 8.91. The van der Waals surface area contributed by atoms with Crippen LogP contribution < -0.4 is 16.8 Å². The topological polar surface area (TPSA) is 118 Å². The van der Waals surface area contributed by atoms with E-state index >= 15 is 0 Å². The van der Waals surface area contributed by atoms with Crippen molar-refractivity contribution in [3.8, 4) is 0 Å². The lowest BCUT2D eigenvalue weighted by molar-refractivity contribution is -0.144. The van der Waals surface area contributed by atoms with Gasteiger partial charge in [-0.15, -0.1) is 0 Å². The van der Waals surface area contributed by atoms with Gasteiger partial charge < -0.3 is 21.9 Å². The maximum Gasteiger partial charge on any atom is 0.328 e. The van der Waals surface area contributed by atoms with E-state index in [2.05, 4.69) is 5.32 Å². The third kappa shape index (κ3) is 3.52. The summed E-state index contributed by atoms with van der Waals surface area (Å²) in [6.07, 6.45) is 0.365. The largest absolute Gasteiger partial charge is 0.480 e. The molecule has 0 saturated heterocycles. The molecule has 0 aliphatic heterocycles. The van der Waals surface area contributed by atoms with Gasteiger partial charge >= 0.3 is 5.97 Å². The number of carboxylic acids is 1. The van der Waals surface area contributed by atoms with Crippen molar-refractivity contribution in [3.63, 3.8) is 0 Å². The van der Waals surface area contributed by atoms with Gasteiger partial charge in [-0.3, -0.25) is 4.79 Å². The predicted octanol–water partition coefficient (Wildman–Crippen LogP) is -0.221. The highest BCUT2D eigenvalue weighted by atomic mass is 16.4. The number of carboxylic acid groups (broad SMARTS) is 1. The second kappa shape index (κ2) is 6.31. The zero-order chi connectivity index (χ0) is 14.5. The summed E-state index contributed by atoms with van der Waals surface area (Å²) >= 11 is 0. The molecule has 6 N–H and O–H groups in total. The van der Waals surface area contributed by atoms with Crippen molar-refractivity contribution in [2.45, 2.75) is 24.4 Å². The van der Waals surface area contributed by atoms with E-state index in [4.69, 9.17) is 11.5 Å². The Hall–Kier alpha value is -1.92. The fourth-order valence-electron chi connectivity index (χ4n) is 1.91. The van der Waals surface area contributed by atoms with Gasteiger partial charge in [-0.25, -0.2) is 4.79 Å². The normalized spacial score (nSPS) is 15.5. The van der Waals surface area contributed by atoms with Gasteiger partial charge in [0.25, 0.3) is 0 Å². The van der Waals surface area contributed by atoms with Gasteiger partial charge in [-0.2, -0.15) is 0 Å². The third-order valence-corrected chi connectivity index (χ3v) is 3.19. The van der Waals surface area contributed by atoms with E-state index in [1.165, 1.54) is 0 Å². The third-order valence-electron chi connectivity index (χ3n) is 3.19. The Balaban J connectivity index is 2.90. The molecule has 1 rings (SSSR count). The highest BCUT2D eigenvalue weighted by molar-refractivity contribution is 5.82. The molecule has 0 aliphatic carbocycles. The molecule has 0 saturated carbocycles. The summed E-state index contributed by atoms with van der Waals surface area (Å²) < 4.78 is 0. The Kier molecular flexibility index (Phi) is 5.02. The second-order valence-corrected chi connectivity index (χ2v) is 4.42. The molecule has 104 valence electrons. The number of primary amides is 1. The van der Waals surface area contributed by atoms with Crippen LogP contribution in [0.3, 0.4) is 0 Å². The summed E-state index contributed by atoms with van der Waals surface area (Å²) in [5.74, 6) is -1.65. The minimum atomic E-state index is -1.52. The Morgan fingerprint density at radius 3 is 2.37 bits per heavy atom. The van der Waals surface area contributed by atoms with Crippen LogP contribution in [-0.2, 0) is 15.1 Å². The molecule has 2 atom stereocenters. The van der Waals surface area contributed by atoms with E-state index in [0.29, 0.717) is 5.56 Å². The fourth-order valence-corrected chi connectivity index (χ4v) is 1.91. The highest BCUT2D eigenvalue weighted by Crippen LogP contribution is 2.24. The molecule has 0 spiro atoms. The van der Waals surface area contributed by atoms with E-state index in [0.717, 1.165) is 0 Å². The van der Waals surface area contributed by atoms with Crippen molar-refractivity contribution in [2.24, 2.45) is 11.5 Å². The number of amides is 1. The Labute approximate surface area is 111 Å². The second-order valence-electron chi connectivity index (χ2n) is 4.42. The molecule has 0 bridgehead atoms. The van der Waals surface area contributed by atoms with Crippen molar-refractivity contribution in [2.75, 3.05) is 7.05 Å². The van der Waals surface area contributed by atoms with Gasteiger partial charge in [0.05, 0.1) is 6.04 Å². The summed E-state index contributed by atoms with van der Waals surface area (Å²) in [7, 11) is 1.59. The summed E-state index contributed by atoms with van der Waals surface area (Å²) in [5.41, 5.74) is 10.2. The zero-order valence-corrected chi connectivity index (χ0v) is 10.8. The van der Waals surface area contributed by atoms with Gasteiger partial charge in [-0.05, 0) is 25.5 Å². The van der Waals surface area contributed by atoms with E-state index in [9.17, 15) is 14.7 Å². The quantitative estimate of drug-likeness (QED) is 0.543. The highest BCUT2D eigenvalue weighted by Gasteiger charge is 2.36.